The Kier molecular flexibility index (Phi) is 3.93. The van der Waals surface area contributed by atoms with Crippen molar-refractivity contribution < 1.29 is 0 Å². The Morgan fingerprint density at radius 3 is 2.38 bits per heavy atom. The number of benzene rings is 2. The molecule has 4 rings (SSSR count). The second-order valence-corrected chi connectivity index (χ2v) is 7.41. The van der Waals surface area contributed by atoms with Gasteiger partial charge in [-0.2, -0.15) is 0 Å². The molecular formula is C22H26N2. The highest BCUT2D eigenvalue weighted by molar-refractivity contribution is 5.65. The fraction of sp³-hybridized carbons (Fsp3) is 0.364. The largest absolute Gasteiger partial charge is 0.378 e. The van der Waals surface area contributed by atoms with Gasteiger partial charge in [0.25, 0.3) is 0 Å². The fourth-order valence-corrected chi connectivity index (χ4v) is 4.14. The van der Waals surface area contributed by atoms with Crippen LogP contribution >= 0.6 is 0 Å². The Bertz CT molecular complexity index is 735. The van der Waals surface area contributed by atoms with E-state index in [-0.39, 0.29) is 0 Å². The van der Waals surface area contributed by atoms with Crippen LogP contribution in [0.4, 0.5) is 5.69 Å². The van der Waals surface area contributed by atoms with Gasteiger partial charge in [-0.25, -0.2) is 0 Å². The third kappa shape index (κ3) is 2.76. The van der Waals surface area contributed by atoms with Crippen LogP contribution in [0.2, 0.25) is 0 Å². The third-order valence-corrected chi connectivity index (χ3v) is 5.69. The molecule has 0 N–H and O–H groups in total. The number of hydrogen-bond donors (Lipinski definition) is 0. The second-order valence-electron chi connectivity index (χ2n) is 7.41. The molecule has 0 bridgehead atoms. The maximum atomic E-state index is 2.60. The highest BCUT2D eigenvalue weighted by Gasteiger charge is 2.37. The minimum absolute atomic E-state index is 0.294. The number of piperidine rings is 1. The zero-order chi connectivity index (χ0) is 16.6. The predicted molar refractivity (Wildman–Crippen MR) is 102 cm³/mol. The minimum Gasteiger partial charge on any atom is -0.378 e. The van der Waals surface area contributed by atoms with E-state index in [1.807, 2.05) is 0 Å². The topological polar surface area (TPSA) is 6.48 Å². The van der Waals surface area contributed by atoms with Crippen LogP contribution < -0.4 is 4.90 Å². The summed E-state index contributed by atoms with van der Waals surface area (Å²) in [5, 5.41) is 0. The van der Waals surface area contributed by atoms with Gasteiger partial charge >= 0.3 is 0 Å². The van der Waals surface area contributed by atoms with Crippen LogP contribution in [0.15, 0.2) is 54.6 Å². The molecule has 0 radical (unpaired) electrons. The number of likely N-dealkylation sites (tertiary alicyclic amines) is 1. The zero-order valence-electron chi connectivity index (χ0n) is 14.7. The highest BCUT2D eigenvalue weighted by atomic mass is 15.1. The summed E-state index contributed by atoms with van der Waals surface area (Å²) in [5.74, 6) is 0. The normalized spacial score (nSPS) is 18.8. The number of hydrogen-bond acceptors (Lipinski definition) is 2. The molecule has 0 atom stereocenters. The molecule has 2 aromatic rings. The van der Waals surface area contributed by atoms with Crippen LogP contribution in [-0.2, 0) is 12.0 Å². The van der Waals surface area contributed by atoms with Crippen LogP contribution in [-0.4, -0.2) is 32.1 Å². The van der Waals surface area contributed by atoms with Gasteiger partial charge in [0.15, 0.2) is 0 Å². The number of rotatable bonds is 3. The van der Waals surface area contributed by atoms with E-state index >= 15 is 0 Å². The van der Waals surface area contributed by atoms with Crippen LogP contribution in [0.5, 0.6) is 0 Å². The van der Waals surface area contributed by atoms with Crippen LogP contribution in [0.3, 0.4) is 0 Å². The second kappa shape index (κ2) is 6.10. The lowest BCUT2D eigenvalue weighted by Gasteiger charge is -2.39. The molecule has 1 aliphatic carbocycles. The summed E-state index contributed by atoms with van der Waals surface area (Å²) in [6.45, 7) is 3.41. The number of allylic oxidation sites excluding steroid dienone is 1. The Hall–Kier alpha value is -2.06. The summed E-state index contributed by atoms with van der Waals surface area (Å²) in [5.41, 5.74) is 5.94. The number of nitrogens with zero attached hydrogens (tertiary/aromatic N) is 2. The van der Waals surface area contributed by atoms with Gasteiger partial charge in [-0.05, 0) is 54.8 Å². The molecule has 1 fully saturated rings. The summed E-state index contributed by atoms with van der Waals surface area (Å²) in [7, 11) is 4.18. The van der Waals surface area contributed by atoms with Crippen molar-refractivity contribution >= 4 is 11.8 Å². The Morgan fingerprint density at radius 1 is 0.958 bits per heavy atom. The first-order chi connectivity index (χ1) is 11.7. The lowest BCUT2D eigenvalue weighted by atomic mass is 9.74. The smallest absolute Gasteiger partial charge is 0.0361 e. The molecule has 2 nitrogen and oxygen atoms in total. The van der Waals surface area contributed by atoms with Gasteiger partial charge in [-0.1, -0.05) is 48.6 Å². The van der Waals surface area contributed by atoms with Crippen molar-refractivity contribution in [2.75, 3.05) is 32.1 Å². The first kappa shape index (κ1) is 15.5. The van der Waals surface area contributed by atoms with E-state index in [2.05, 4.69) is 84.6 Å². The summed E-state index contributed by atoms with van der Waals surface area (Å²) in [6.07, 6.45) is 7.25. The molecule has 124 valence electrons. The molecule has 1 spiro atoms. The lowest BCUT2D eigenvalue weighted by Crippen LogP contribution is -2.40. The average molecular weight is 318 g/mol. The molecule has 0 aromatic heterocycles. The van der Waals surface area contributed by atoms with Gasteiger partial charge < -0.3 is 4.90 Å². The molecule has 1 saturated heterocycles. The van der Waals surface area contributed by atoms with Crippen LogP contribution in [0.1, 0.15) is 29.5 Å². The van der Waals surface area contributed by atoms with E-state index in [9.17, 15) is 0 Å². The molecule has 0 amide bonds. The molecule has 2 heteroatoms. The SMILES string of the molecule is CN(C)c1ccc(CN2CCC3(C=Cc4ccccc43)CC2)cc1. The standard InChI is InChI=1S/C22H26N2/c1-23(2)20-9-7-18(8-10-20)17-24-15-13-22(14-16-24)12-11-19-5-3-4-6-21(19)22/h3-12H,13-17H2,1-2H3. The van der Waals surface area contributed by atoms with Gasteiger partial charge in [0.05, 0.1) is 0 Å². The summed E-state index contributed by atoms with van der Waals surface area (Å²) >= 11 is 0. The van der Waals surface area contributed by atoms with Gasteiger partial charge in [-0.3, -0.25) is 4.90 Å². The monoisotopic (exact) mass is 318 g/mol. The van der Waals surface area contributed by atoms with E-state index in [0.29, 0.717) is 5.41 Å². The van der Waals surface area contributed by atoms with Crippen molar-refractivity contribution in [2.24, 2.45) is 0 Å². The maximum Gasteiger partial charge on any atom is 0.0361 e. The maximum absolute atomic E-state index is 2.60. The van der Waals surface area contributed by atoms with Crippen molar-refractivity contribution in [3.63, 3.8) is 0 Å². The van der Waals surface area contributed by atoms with Gasteiger partial charge in [0.1, 0.15) is 0 Å². The van der Waals surface area contributed by atoms with Crippen LogP contribution in [0, 0.1) is 0 Å². The van der Waals surface area contributed by atoms with Gasteiger partial charge in [0, 0.05) is 31.7 Å². The van der Waals surface area contributed by atoms with E-state index in [0.717, 1.165) is 6.54 Å². The number of anilines is 1. The summed E-state index contributed by atoms with van der Waals surface area (Å²) in [6, 6.07) is 17.9. The lowest BCUT2D eigenvalue weighted by molar-refractivity contribution is 0.177. The highest BCUT2D eigenvalue weighted by Crippen LogP contribution is 2.43. The zero-order valence-corrected chi connectivity index (χ0v) is 14.7. The molecule has 1 aliphatic heterocycles. The molecule has 24 heavy (non-hydrogen) atoms. The van der Waals surface area contributed by atoms with Crippen molar-refractivity contribution in [1.82, 2.24) is 4.90 Å². The van der Waals surface area contributed by atoms with Crippen molar-refractivity contribution in [3.05, 3.63) is 71.3 Å². The first-order valence-corrected chi connectivity index (χ1v) is 8.94. The van der Waals surface area contributed by atoms with E-state index in [4.69, 9.17) is 0 Å². The summed E-state index contributed by atoms with van der Waals surface area (Å²) < 4.78 is 0. The van der Waals surface area contributed by atoms with E-state index in [1.54, 1.807) is 5.56 Å². The minimum atomic E-state index is 0.294. The van der Waals surface area contributed by atoms with Crippen molar-refractivity contribution in [1.29, 1.82) is 0 Å². The Morgan fingerprint density at radius 2 is 1.67 bits per heavy atom. The number of fused-ring (bicyclic) bond motifs is 2. The van der Waals surface area contributed by atoms with Crippen molar-refractivity contribution in [2.45, 2.75) is 24.8 Å². The van der Waals surface area contributed by atoms with Gasteiger partial charge in [0.2, 0.25) is 0 Å². The third-order valence-electron chi connectivity index (χ3n) is 5.69. The van der Waals surface area contributed by atoms with Crippen LogP contribution in [0.25, 0.3) is 6.08 Å². The average Bonchev–Trinajstić information content (AvgIpc) is 2.97. The predicted octanol–water partition coefficient (Wildman–Crippen LogP) is 4.31. The van der Waals surface area contributed by atoms with Gasteiger partial charge in [-0.15, -0.1) is 0 Å². The molecular weight excluding hydrogens is 292 g/mol. The van der Waals surface area contributed by atoms with E-state index in [1.165, 1.54) is 42.7 Å². The molecule has 2 aliphatic rings. The Labute approximate surface area is 145 Å². The molecule has 2 aromatic carbocycles. The van der Waals surface area contributed by atoms with Crippen molar-refractivity contribution in [3.8, 4) is 0 Å². The molecule has 0 unspecified atom stereocenters. The Balaban J connectivity index is 1.41. The molecule has 1 heterocycles. The summed E-state index contributed by atoms with van der Waals surface area (Å²) in [4.78, 5) is 4.75. The quantitative estimate of drug-likeness (QED) is 0.832. The fourth-order valence-electron chi connectivity index (χ4n) is 4.14. The van der Waals surface area contributed by atoms with E-state index < -0.39 is 0 Å². The first-order valence-electron chi connectivity index (χ1n) is 8.94. The molecule has 0 saturated carbocycles.